The lowest BCUT2D eigenvalue weighted by molar-refractivity contribution is -0.126. The van der Waals surface area contributed by atoms with Crippen molar-refractivity contribution in [2.75, 3.05) is 12.0 Å². The van der Waals surface area contributed by atoms with Crippen LogP contribution in [0.25, 0.3) is 0 Å². The number of nitrogens with zero attached hydrogens (tertiary/aromatic N) is 2. The minimum Gasteiger partial charge on any atom is -0.497 e. The zero-order valence-corrected chi connectivity index (χ0v) is 13.0. The van der Waals surface area contributed by atoms with E-state index in [1.54, 1.807) is 30.3 Å². The van der Waals surface area contributed by atoms with Gasteiger partial charge < -0.3 is 14.0 Å². The van der Waals surface area contributed by atoms with Gasteiger partial charge in [0, 0.05) is 0 Å². The van der Waals surface area contributed by atoms with E-state index in [4.69, 9.17) is 14.0 Å². The van der Waals surface area contributed by atoms with E-state index in [1.807, 2.05) is 0 Å². The first-order valence-electron chi connectivity index (χ1n) is 7.45. The molecule has 2 atom stereocenters. The van der Waals surface area contributed by atoms with Gasteiger partial charge in [-0.1, -0.05) is 5.16 Å². The zero-order valence-electron chi connectivity index (χ0n) is 13.0. The molecule has 0 saturated carbocycles. The molecule has 2 aliphatic rings. The quantitative estimate of drug-likeness (QED) is 0.616. The number of methoxy groups -OCH3 is 1. The van der Waals surface area contributed by atoms with Crippen molar-refractivity contribution in [3.05, 3.63) is 48.4 Å². The lowest BCUT2D eigenvalue weighted by Gasteiger charge is -2.15. The number of furan rings is 1. The van der Waals surface area contributed by atoms with Gasteiger partial charge >= 0.3 is 0 Å². The molecule has 2 amide bonds. The Balaban J connectivity index is 1.65. The maximum Gasteiger partial charge on any atom is 0.278 e. The lowest BCUT2D eigenvalue weighted by Crippen LogP contribution is -2.34. The SMILES string of the molecule is COc1ccc(N2C(=O)[C@@H]3C(C(=O)c4ccco4)=NO[C@H]3C2=O)cc1. The predicted octanol–water partition coefficient (Wildman–Crippen LogP) is 1.42. The monoisotopic (exact) mass is 340 g/mol. The first-order chi connectivity index (χ1) is 12.1. The Morgan fingerprint density at radius 3 is 2.56 bits per heavy atom. The molecule has 4 rings (SSSR count). The summed E-state index contributed by atoms with van der Waals surface area (Å²) >= 11 is 0. The Labute approximate surface area is 141 Å². The van der Waals surface area contributed by atoms with Crippen LogP contribution in [0.5, 0.6) is 5.75 Å². The summed E-state index contributed by atoms with van der Waals surface area (Å²) in [4.78, 5) is 43.8. The van der Waals surface area contributed by atoms with Crippen molar-refractivity contribution >= 4 is 29.0 Å². The van der Waals surface area contributed by atoms with Gasteiger partial charge in [0.25, 0.3) is 5.91 Å². The molecule has 0 N–H and O–H groups in total. The fourth-order valence-corrected chi connectivity index (χ4v) is 2.89. The highest BCUT2D eigenvalue weighted by atomic mass is 16.7. The third kappa shape index (κ3) is 2.22. The average Bonchev–Trinajstić information content (AvgIpc) is 3.35. The molecule has 1 aromatic heterocycles. The number of fused-ring (bicyclic) bond motifs is 1. The highest BCUT2D eigenvalue weighted by Gasteiger charge is 2.57. The van der Waals surface area contributed by atoms with Crippen LogP contribution >= 0.6 is 0 Å². The van der Waals surface area contributed by atoms with Crippen molar-refractivity contribution in [2.24, 2.45) is 11.1 Å². The Kier molecular flexibility index (Phi) is 3.38. The zero-order chi connectivity index (χ0) is 17.6. The van der Waals surface area contributed by atoms with Gasteiger partial charge in [0.2, 0.25) is 17.8 Å². The van der Waals surface area contributed by atoms with Crippen LogP contribution in [0.1, 0.15) is 10.6 Å². The van der Waals surface area contributed by atoms with Crippen molar-refractivity contribution in [1.82, 2.24) is 0 Å². The number of hydrogen-bond acceptors (Lipinski definition) is 7. The second-order valence-corrected chi connectivity index (χ2v) is 5.50. The predicted molar refractivity (Wildman–Crippen MR) is 84.3 cm³/mol. The van der Waals surface area contributed by atoms with Crippen molar-refractivity contribution in [3.63, 3.8) is 0 Å². The molecular weight excluding hydrogens is 328 g/mol. The highest BCUT2D eigenvalue weighted by Crippen LogP contribution is 2.34. The van der Waals surface area contributed by atoms with Gasteiger partial charge in [-0.25, -0.2) is 4.90 Å². The number of amides is 2. The molecule has 8 nitrogen and oxygen atoms in total. The number of ether oxygens (including phenoxy) is 1. The Bertz CT molecular complexity index is 884. The Morgan fingerprint density at radius 2 is 1.92 bits per heavy atom. The minimum absolute atomic E-state index is 0.0335. The number of benzene rings is 1. The first kappa shape index (κ1) is 15.1. The molecule has 0 bridgehead atoms. The summed E-state index contributed by atoms with van der Waals surface area (Å²) in [5.74, 6) is -2.15. The minimum atomic E-state index is -1.14. The second kappa shape index (κ2) is 5.59. The smallest absolute Gasteiger partial charge is 0.278 e. The molecule has 1 saturated heterocycles. The molecule has 25 heavy (non-hydrogen) atoms. The fourth-order valence-electron chi connectivity index (χ4n) is 2.89. The van der Waals surface area contributed by atoms with Gasteiger partial charge in [-0.2, -0.15) is 0 Å². The van der Waals surface area contributed by atoms with Crippen molar-refractivity contribution in [2.45, 2.75) is 6.10 Å². The summed E-state index contributed by atoms with van der Waals surface area (Å²) < 4.78 is 10.1. The van der Waals surface area contributed by atoms with Crippen LogP contribution in [0.4, 0.5) is 5.69 Å². The molecule has 2 aliphatic heterocycles. The molecule has 0 unspecified atom stereocenters. The third-order valence-electron chi connectivity index (χ3n) is 4.12. The molecule has 8 heteroatoms. The Morgan fingerprint density at radius 1 is 1.16 bits per heavy atom. The summed E-state index contributed by atoms with van der Waals surface area (Å²) in [5, 5.41) is 3.65. The number of Topliss-reactive ketones (excluding diaryl/α,β-unsaturated/α-hetero) is 1. The van der Waals surface area contributed by atoms with E-state index in [-0.39, 0.29) is 11.5 Å². The molecule has 2 aromatic rings. The van der Waals surface area contributed by atoms with Crippen molar-refractivity contribution < 1.29 is 28.4 Å². The first-order valence-corrected chi connectivity index (χ1v) is 7.45. The van der Waals surface area contributed by atoms with Gasteiger partial charge in [0.05, 0.1) is 19.1 Å². The average molecular weight is 340 g/mol. The number of rotatable bonds is 4. The fraction of sp³-hybridized carbons (Fsp3) is 0.176. The van der Waals surface area contributed by atoms with Gasteiger partial charge in [-0.3, -0.25) is 14.4 Å². The number of imide groups is 1. The van der Waals surface area contributed by atoms with E-state index >= 15 is 0 Å². The van der Waals surface area contributed by atoms with Gasteiger partial charge in [-0.15, -0.1) is 0 Å². The van der Waals surface area contributed by atoms with Crippen LogP contribution in [0, 0.1) is 5.92 Å². The number of hydrogen-bond donors (Lipinski definition) is 0. The van der Waals surface area contributed by atoms with Gasteiger partial charge in [-0.05, 0) is 36.4 Å². The van der Waals surface area contributed by atoms with E-state index in [0.717, 1.165) is 4.90 Å². The molecule has 1 fully saturated rings. The van der Waals surface area contributed by atoms with Gasteiger partial charge in [0.1, 0.15) is 17.4 Å². The lowest BCUT2D eigenvalue weighted by atomic mass is 9.96. The van der Waals surface area contributed by atoms with Crippen LogP contribution in [0.2, 0.25) is 0 Å². The van der Waals surface area contributed by atoms with E-state index in [0.29, 0.717) is 11.4 Å². The largest absolute Gasteiger partial charge is 0.497 e. The van der Waals surface area contributed by atoms with Crippen LogP contribution in [0.3, 0.4) is 0 Å². The maximum atomic E-state index is 12.8. The summed E-state index contributed by atoms with van der Waals surface area (Å²) in [7, 11) is 1.52. The topological polar surface area (TPSA) is 98.4 Å². The van der Waals surface area contributed by atoms with Crippen LogP contribution in [-0.4, -0.2) is 36.5 Å². The van der Waals surface area contributed by atoms with E-state index in [9.17, 15) is 14.4 Å². The van der Waals surface area contributed by atoms with Crippen LogP contribution in [-0.2, 0) is 14.4 Å². The number of anilines is 1. The standard InChI is InChI=1S/C17H12N2O6/c1-23-10-6-4-9(5-7-10)19-16(21)12-13(18-25-15(12)17(19)22)14(20)11-3-2-8-24-11/h2-8,12,15H,1H3/t12-,15-/m1/s1. The normalized spacial score (nSPS) is 21.8. The van der Waals surface area contributed by atoms with Crippen LogP contribution in [0.15, 0.2) is 52.2 Å². The highest BCUT2D eigenvalue weighted by molar-refractivity contribution is 6.52. The van der Waals surface area contributed by atoms with E-state index in [1.165, 1.54) is 19.4 Å². The molecule has 0 radical (unpaired) electrons. The van der Waals surface area contributed by atoms with Crippen LogP contribution < -0.4 is 9.64 Å². The second-order valence-electron chi connectivity index (χ2n) is 5.50. The Hall–Kier alpha value is -3.42. The third-order valence-corrected chi connectivity index (χ3v) is 4.12. The molecular formula is C17H12N2O6. The maximum absolute atomic E-state index is 12.8. The molecule has 0 spiro atoms. The van der Waals surface area contributed by atoms with E-state index < -0.39 is 29.6 Å². The van der Waals surface area contributed by atoms with Crippen molar-refractivity contribution in [1.29, 1.82) is 0 Å². The molecule has 1 aromatic carbocycles. The summed E-state index contributed by atoms with van der Waals surface area (Å²) in [6.45, 7) is 0. The number of carbonyl (C=O) groups excluding carboxylic acids is 3. The van der Waals surface area contributed by atoms with E-state index in [2.05, 4.69) is 5.16 Å². The van der Waals surface area contributed by atoms with Crippen molar-refractivity contribution in [3.8, 4) is 5.75 Å². The number of oxime groups is 1. The summed E-state index contributed by atoms with van der Waals surface area (Å²) in [6, 6.07) is 9.44. The van der Waals surface area contributed by atoms with Gasteiger partial charge in [0.15, 0.2) is 5.76 Å². The summed E-state index contributed by atoms with van der Waals surface area (Å²) in [5.41, 5.74) is 0.243. The number of ketones is 1. The summed E-state index contributed by atoms with van der Waals surface area (Å²) in [6.07, 6.45) is 0.204. The number of carbonyl (C=O) groups is 3. The molecule has 0 aliphatic carbocycles. The molecule has 126 valence electrons. The molecule has 3 heterocycles.